The first-order chi connectivity index (χ1) is 6.33. The third-order valence-electron chi connectivity index (χ3n) is 2.11. The van der Waals surface area contributed by atoms with Gasteiger partial charge in [-0.05, 0) is 18.1 Å². The van der Waals surface area contributed by atoms with Gasteiger partial charge in [0.1, 0.15) is 0 Å². The molecule has 2 aromatic rings. The molecule has 0 aliphatic heterocycles. The molecule has 1 N–H and O–H groups in total. The van der Waals surface area contributed by atoms with E-state index in [1.807, 2.05) is 12.1 Å². The molecule has 68 valence electrons. The zero-order valence-electron chi connectivity index (χ0n) is 7.46. The minimum absolute atomic E-state index is 0.0398. The number of aromatic amines is 1. The van der Waals surface area contributed by atoms with Gasteiger partial charge in [-0.15, -0.1) is 0 Å². The van der Waals surface area contributed by atoms with Gasteiger partial charge in [-0.3, -0.25) is 9.17 Å². The predicted octanol–water partition coefficient (Wildman–Crippen LogP) is 2.54. The second-order valence-corrected chi connectivity index (χ2v) is 3.89. The molecule has 1 aromatic heterocycles. The van der Waals surface area contributed by atoms with E-state index in [1.54, 1.807) is 0 Å². The topological polar surface area (TPSA) is 32.9 Å². The molecule has 2 rings (SSSR count). The molecule has 0 saturated carbocycles. The van der Waals surface area contributed by atoms with Crippen LogP contribution in [-0.2, 0) is 6.42 Å². The van der Waals surface area contributed by atoms with Crippen LogP contribution in [-0.4, -0.2) is 4.37 Å². The lowest BCUT2D eigenvalue weighted by Gasteiger charge is -1.97. The summed E-state index contributed by atoms with van der Waals surface area (Å²) in [6.07, 6.45) is 2.16. The largest absolute Gasteiger partial charge is 0.277 e. The summed E-state index contributed by atoms with van der Waals surface area (Å²) in [6.45, 7) is 2.15. The monoisotopic (exact) mass is 193 g/mol. The minimum atomic E-state index is 0.0398. The van der Waals surface area contributed by atoms with E-state index in [0.717, 1.165) is 22.9 Å². The molecule has 3 heteroatoms. The van der Waals surface area contributed by atoms with Crippen molar-refractivity contribution in [3.8, 4) is 0 Å². The van der Waals surface area contributed by atoms with Crippen LogP contribution in [0.1, 0.15) is 18.9 Å². The van der Waals surface area contributed by atoms with Crippen molar-refractivity contribution in [2.45, 2.75) is 19.8 Å². The Bertz CT molecular complexity index is 469. The zero-order chi connectivity index (χ0) is 9.26. The van der Waals surface area contributed by atoms with Crippen molar-refractivity contribution in [1.29, 1.82) is 0 Å². The molecule has 0 spiro atoms. The SMILES string of the molecule is CCCc1cccc2c(=O)[nH]sc12. The molecule has 0 amide bonds. The van der Waals surface area contributed by atoms with E-state index in [1.165, 1.54) is 17.1 Å². The Morgan fingerprint density at radius 3 is 3.08 bits per heavy atom. The molecule has 0 unspecified atom stereocenters. The zero-order valence-corrected chi connectivity index (χ0v) is 8.28. The number of benzene rings is 1. The number of aryl methyl sites for hydroxylation is 1. The number of fused-ring (bicyclic) bond motifs is 1. The Morgan fingerprint density at radius 2 is 2.31 bits per heavy atom. The van der Waals surface area contributed by atoms with Gasteiger partial charge < -0.3 is 0 Å². The summed E-state index contributed by atoms with van der Waals surface area (Å²) in [5.74, 6) is 0. The number of hydrogen-bond acceptors (Lipinski definition) is 2. The third kappa shape index (κ3) is 1.40. The van der Waals surface area contributed by atoms with E-state index in [0.29, 0.717) is 0 Å². The van der Waals surface area contributed by atoms with Crippen molar-refractivity contribution in [3.05, 3.63) is 34.1 Å². The molecule has 0 bridgehead atoms. The summed E-state index contributed by atoms with van der Waals surface area (Å²) in [7, 11) is 0. The van der Waals surface area contributed by atoms with Gasteiger partial charge in [0.2, 0.25) is 0 Å². The Morgan fingerprint density at radius 1 is 1.46 bits per heavy atom. The minimum Gasteiger partial charge on any atom is -0.277 e. The Balaban J connectivity index is 2.69. The molecule has 0 atom stereocenters. The lowest BCUT2D eigenvalue weighted by molar-refractivity contribution is 0.931. The van der Waals surface area contributed by atoms with Crippen LogP contribution >= 0.6 is 11.5 Å². The normalized spacial score (nSPS) is 10.8. The van der Waals surface area contributed by atoms with Crippen LogP contribution in [0.15, 0.2) is 23.0 Å². The molecule has 1 heterocycles. The molecule has 0 aliphatic rings. The van der Waals surface area contributed by atoms with Crippen LogP contribution in [0.2, 0.25) is 0 Å². The fourth-order valence-corrected chi connectivity index (χ4v) is 2.38. The van der Waals surface area contributed by atoms with Gasteiger partial charge >= 0.3 is 0 Å². The average molecular weight is 193 g/mol. The van der Waals surface area contributed by atoms with Crippen molar-refractivity contribution >= 4 is 21.6 Å². The summed E-state index contributed by atoms with van der Waals surface area (Å²) < 4.78 is 3.88. The van der Waals surface area contributed by atoms with Crippen molar-refractivity contribution in [1.82, 2.24) is 4.37 Å². The summed E-state index contributed by atoms with van der Waals surface area (Å²) >= 11 is 1.44. The summed E-state index contributed by atoms with van der Waals surface area (Å²) in [5.41, 5.74) is 1.32. The molecule has 2 nitrogen and oxygen atoms in total. The van der Waals surface area contributed by atoms with Gasteiger partial charge in [0.05, 0.1) is 10.1 Å². The standard InChI is InChI=1S/C10H11NOS/c1-2-4-7-5-3-6-8-9(7)13-11-10(8)12/h3,5-6H,2,4H2,1H3,(H,11,12). The first kappa shape index (κ1) is 8.51. The smallest absolute Gasteiger partial charge is 0.265 e. The lowest BCUT2D eigenvalue weighted by Crippen LogP contribution is -1.96. The van der Waals surface area contributed by atoms with Crippen LogP contribution < -0.4 is 5.56 Å². The second kappa shape index (κ2) is 3.34. The molecule has 0 saturated heterocycles. The highest BCUT2D eigenvalue weighted by atomic mass is 32.1. The number of H-pyrrole nitrogens is 1. The maximum Gasteiger partial charge on any atom is 0.265 e. The van der Waals surface area contributed by atoms with Crippen LogP contribution in [0.25, 0.3) is 10.1 Å². The van der Waals surface area contributed by atoms with Crippen molar-refractivity contribution in [2.24, 2.45) is 0 Å². The first-order valence-corrected chi connectivity index (χ1v) is 5.23. The Hall–Kier alpha value is -1.09. The maximum atomic E-state index is 11.3. The van der Waals surface area contributed by atoms with E-state index < -0.39 is 0 Å². The molecular formula is C10H11NOS. The van der Waals surface area contributed by atoms with Crippen molar-refractivity contribution < 1.29 is 0 Å². The predicted molar refractivity (Wildman–Crippen MR) is 56.4 cm³/mol. The van der Waals surface area contributed by atoms with Gasteiger partial charge in [-0.2, -0.15) is 0 Å². The van der Waals surface area contributed by atoms with E-state index in [-0.39, 0.29) is 5.56 Å². The molecule has 0 fully saturated rings. The van der Waals surface area contributed by atoms with E-state index in [2.05, 4.69) is 17.4 Å². The Labute approximate surface area is 80.4 Å². The maximum absolute atomic E-state index is 11.3. The summed E-state index contributed by atoms with van der Waals surface area (Å²) in [5, 5.41) is 0.830. The molecule has 13 heavy (non-hydrogen) atoms. The number of hydrogen-bond donors (Lipinski definition) is 1. The number of aromatic nitrogens is 1. The highest BCUT2D eigenvalue weighted by Gasteiger charge is 2.04. The third-order valence-corrected chi connectivity index (χ3v) is 3.08. The van der Waals surface area contributed by atoms with Gasteiger partial charge in [0.15, 0.2) is 0 Å². The number of rotatable bonds is 2. The molecule has 0 aliphatic carbocycles. The summed E-state index contributed by atoms with van der Waals surface area (Å²) in [6, 6.07) is 5.93. The molecular weight excluding hydrogens is 182 g/mol. The lowest BCUT2D eigenvalue weighted by atomic mass is 10.1. The van der Waals surface area contributed by atoms with Gasteiger partial charge in [-0.1, -0.05) is 37.0 Å². The van der Waals surface area contributed by atoms with Gasteiger partial charge in [-0.25, -0.2) is 0 Å². The second-order valence-electron chi connectivity index (χ2n) is 3.08. The van der Waals surface area contributed by atoms with Gasteiger partial charge in [0.25, 0.3) is 5.56 Å². The average Bonchev–Trinajstić information content (AvgIpc) is 2.50. The number of nitrogens with one attached hydrogen (secondary N) is 1. The van der Waals surface area contributed by atoms with Crippen LogP contribution in [0, 0.1) is 0 Å². The summed E-state index contributed by atoms with van der Waals surface area (Å²) in [4.78, 5) is 11.3. The van der Waals surface area contributed by atoms with Crippen molar-refractivity contribution in [2.75, 3.05) is 0 Å². The Kier molecular flexibility index (Phi) is 2.19. The van der Waals surface area contributed by atoms with Crippen LogP contribution in [0.3, 0.4) is 0 Å². The van der Waals surface area contributed by atoms with E-state index in [9.17, 15) is 4.79 Å². The fourth-order valence-electron chi connectivity index (χ4n) is 1.50. The van der Waals surface area contributed by atoms with Crippen LogP contribution in [0.4, 0.5) is 0 Å². The van der Waals surface area contributed by atoms with E-state index >= 15 is 0 Å². The highest BCUT2D eigenvalue weighted by Crippen LogP contribution is 2.20. The van der Waals surface area contributed by atoms with Crippen molar-refractivity contribution in [3.63, 3.8) is 0 Å². The molecule has 1 aromatic carbocycles. The van der Waals surface area contributed by atoms with E-state index in [4.69, 9.17) is 0 Å². The first-order valence-electron chi connectivity index (χ1n) is 4.42. The quantitative estimate of drug-likeness (QED) is 0.781. The molecule has 0 radical (unpaired) electrons. The van der Waals surface area contributed by atoms with Crippen LogP contribution in [0.5, 0.6) is 0 Å². The highest BCUT2D eigenvalue weighted by molar-refractivity contribution is 7.13. The van der Waals surface area contributed by atoms with Gasteiger partial charge in [0, 0.05) is 0 Å². The fraction of sp³-hybridized carbons (Fsp3) is 0.300.